The fourth-order valence-corrected chi connectivity index (χ4v) is 8.05. The van der Waals surface area contributed by atoms with Gasteiger partial charge in [0.25, 0.3) is 0 Å². The van der Waals surface area contributed by atoms with Crippen molar-refractivity contribution in [1.29, 1.82) is 0 Å². The Morgan fingerprint density at radius 2 is 0.889 bits per heavy atom. The van der Waals surface area contributed by atoms with E-state index < -0.39 is 22.1 Å². The Morgan fingerprint density at radius 1 is 0.556 bits per heavy atom. The van der Waals surface area contributed by atoms with Crippen molar-refractivity contribution in [2.24, 2.45) is 0 Å². The summed E-state index contributed by atoms with van der Waals surface area (Å²) in [5.74, 6) is 0. The van der Waals surface area contributed by atoms with Crippen molar-refractivity contribution >= 4 is 11.9 Å². The van der Waals surface area contributed by atoms with E-state index in [9.17, 15) is 0 Å². The zero-order valence-electron chi connectivity index (χ0n) is 12.7. The van der Waals surface area contributed by atoms with Gasteiger partial charge in [-0.2, -0.15) is 0 Å². The topological polar surface area (TPSA) is 0 Å². The molecule has 0 spiro atoms. The monoisotopic (exact) mass is 506 g/mol. The van der Waals surface area contributed by atoms with Crippen LogP contribution in [0.3, 0.4) is 0 Å². The van der Waals surface area contributed by atoms with Crippen LogP contribution in [0.2, 0.25) is 3.93 Å². The third-order valence-corrected chi connectivity index (χ3v) is 11.6. The number of hydrogen-bond donors (Lipinski definition) is 0. The molecule has 0 heterocycles. The molecule has 0 amide bonds. The number of hydrogen-bond acceptors (Lipinski definition) is 0. The zero-order chi connectivity index (χ0) is 13.3. The Balaban J connectivity index is 2.86. The van der Waals surface area contributed by atoms with E-state index in [1.54, 1.807) is 3.93 Å². The summed E-state index contributed by atoms with van der Waals surface area (Å²) >= 11 is 3.26. The second-order valence-corrected chi connectivity index (χ2v) is 16.8. The number of halogens is 1. The number of rotatable bonds is 15. The third kappa shape index (κ3) is 17.4. The second kappa shape index (κ2) is 18.4. The fourth-order valence-electron chi connectivity index (χ4n) is 2.47. The van der Waals surface area contributed by atoms with Crippen LogP contribution in [0.5, 0.6) is 0 Å². The first-order valence-electron chi connectivity index (χ1n) is 8.47. The van der Waals surface area contributed by atoms with E-state index in [1.165, 1.54) is 89.9 Å². The predicted octanol–water partition coefficient (Wildman–Crippen LogP) is 7.28. The zero-order valence-corrected chi connectivity index (χ0v) is 19.8. The van der Waals surface area contributed by atoms with Gasteiger partial charge in [-0.25, -0.2) is 0 Å². The molecule has 0 fully saturated rings. The van der Waals surface area contributed by atoms with E-state index in [0.29, 0.717) is 0 Å². The van der Waals surface area contributed by atoms with Crippen LogP contribution >= 0.6 is 11.9 Å². The summed E-state index contributed by atoms with van der Waals surface area (Å²) in [7, 11) is 0. The van der Waals surface area contributed by atoms with Gasteiger partial charge < -0.3 is 0 Å². The molecule has 0 aromatic rings. The van der Waals surface area contributed by atoms with E-state index in [2.05, 4.69) is 18.8 Å². The van der Waals surface area contributed by atoms with Crippen molar-refractivity contribution < 1.29 is 22.1 Å². The van der Waals surface area contributed by atoms with E-state index in [1.807, 2.05) is 0 Å². The summed E-state index contributed by atoms with van der Waals surface area (Å²) in [6.45, 7) is 2.29. The Labute approximate surface area is 134 Å². The summed E-state index contributed by atoms with van der Waals surface area (Å²) in [5, 5.41) is 0. The van der Waals surface area contributed by atoms with Gasteiger partial charge >= 0.3 is 109 Å². The van der Waals surface area contributed by atoms with Crippen LogP contribution in [-0.2, 0) is 22.1 Å². The summed E-state index contributed by atoms with van der Waals surface area (Å²) < 4.78 is 1.58. The molecule has 2 heteroatoms. The fraction of sp³-hybridized carbons (Fsp3) is 1.00. The molecule has 0 aromatic carbocycles. The van der Waals surface area contributed by atoms with Gasteiger partial charge in [-0.3, -0.25) is 0 Å². The molecule has 18 heavy (non-hydrogen) atoms. The average molecular weight is 506 g/mol. The van der Waals surface area contributed by atoms with E-state index >= 15 is 0 Å². The molecule has 0 rings (SSSR count). The molecule has 0 aliphatic rings. The van der Waals surface area contributed by atoms with Crippen molar-refractivity contribution in [2.45, 2.75) is 101 Å². The summed E-state index contributed by atoms with van der Waals surface area (Å²) in [6.07, 6.45) is 20.7. The van der Waals surface area contributed by atoms with Crippen LogP contribution in [0, 0.1) is 0 Å². The summed E-state index contributed by atoms with van der Waals surface area (Å²) in [5.41, 5.74) is 0. The van der Waals surface area contributed by atoms with Crippen molar-refractivity contribution in [3.63, 3.8) is 0 Å². The molecular formula is C16H33BrHg. The van der Waals surface area contributed by atoms with Gasteiger partial charge in [-0.05, 0) is 0 Å². The predicted molar refractivity (Wildman–Crippen MR) is 84.0 cm³/mol. The Morgan fingerprint density at radius 3 is 1.22 bits per heavy atom. The first-order valence-corrected chi connectivity index (χ1v) is 24.3. The molecular weight excluding hydrogens is 473 g/mol. The molecule has 106 valence electrons. The first-order chi connectivity index (χ1) is 8.91. The van der Waals surface area contributed by atoms with Gasteiger partial charge in [0, 0.05) is 0 Å². The number of unbranched alkanes of at least 4 members (excludes halogenated alkanes) is 13. The molecule has 0 unspecified atom stereocenters. The molecule has 0 radical (unpaired) electrons. The van der Waals surface area contributed by atoms with Crippen LogP contribution in [0.1, 0.15) is 96.8 Å². The van der Waals surface area contributed by atoms with Gasteiger partial charge in [0.1, 0.15) is 0 Å². The molecule has 0 atom stereocenters. The van der Waals surface area contributed by atoms with E-state index in [4.69, 9.17) is 0 Å². The normalized spacial score (nSPS) is 10.6. The van der Waals surface area contributed by atoms with Crippen molar-refractivity contribution in [3.8, 4) is 0 Å². The van der Waals surface area contributed by atoms with Crippen LogP contribution < -0.4 is 0 Å². The molecule has 0 nitrogen and oxygen atoms in total. The Kier molecular flexibility index (Phi) is 19.9. The minimum absolute atomic E-state index is 0.448. The van der Waals surface area contributed by atoms with E-state index in [0.717, 1.165) is 0 Å². The van der Waals surface area contributed by atoms with Gasteiger partial charge in [0.2, 0.25) is 0 Å². The Hall–Kier alpha value is 1.42. The maximum absolute atomic E-state index is 3.71. The molecule has 0 saturated heterocycles. The van der Waals surface area contributed by atoms with Gasteiger partial charge in [-0.15, -0.1) is 0 Å². The molecule has 0 aliphatic carbocycles. The van der Waals surface area contributed by atoms with Crippen LogP contribution in [0.25, 0.3) is 0 Å². The Bertz CT molecular complexity index is 123. The minimum atomic E-state index is -0.448. The van der Waals surface area contributed by atoms with Gasteiger partial charge in [0.05, 0.1) is 0 Å². The molecule has 0 aromatic heterocycles. The van der Waals surface area contributed by atoms with Gasteiger partial charge in [-0.1, -0.05) is 26.2 Å². The second-order valence-electron chi connectivity index (χ2n) is 5.64. The molecule has 0 bridgehead atoms. The maximum atomic E-state index is 3.71. The van der Waals surface area contributed by atoms with Crippen LogP contribution in [0.15, 0.2) is 0 Å². The van der Waals surface area contributed by atoms with Crippen molar-refractivity contribution in [3.05, 3.63) is 0 Å². The molecule has 0 aliphatic heterocycles. The SMILES string of the molecule is CCCCCCCCCCCCCCC[CH2][Hg][Br]. The van der Waals surface area contributed by atoms with E-state index in [-0.39, 0.29) is 0 Å². The quantitative estimate of drug-likeness (QED) is 0.162. The standard InChI is InChI=1S/C16H33.BrH.Hg/c1-3-5-7-9-11-13-15-16-14-12-10-8-6-4-2;;/h1,3-16H2,2H3;1H;/q;;+1/p-1. The van der Waals surface area contributed by atoms with Crippen LogP contribution in [-0.4, -0.2) is 0 Å². The molecule has 0 N–H and O–H groups in total. The summed E-state index contributed by atoms with van der Waals surface area (Å²) in [6, 6.07) is 0. The van der Waals surface area contributed by atoms with Gasteiger partial charge in [0.15, 0.2) is 0 Å². The third-order valence-electron chi connectivity index (χ3n) is 3.74. The first kappa shape index (κ1) is 19.4. The molecule has 0 saturated carbocycles. The van der Waals surface area contributed by atoms with Crippen molar-refractivity contribution in [1.82, 2.24) is 0 Å². The van der Waals surface area contributed by atoms with Crippen molar-refractivity contribution in [2.75, 3.05) is 0 Å². The van der Waals surface area contributed by atoms with Crippen LogP contribution in [0.4, 0.5) is 0 Å². The summed E-state index contributed by atoms with van der Waals surface area (Å²) in [4.78, 5) is 0. The average Bonchev–Trinajstić information content (AvgIpc) is 2.39.